The van der Waals surface area contributed by atoms with E-state index in [1.54, 1.807) is 30.6 Å². The number of hydrogen-bond donors (Lipinski definition) is 1. The quantitative estimate of drug-likeness (QED) is 0.450. The lowest BCUT2D eigenvalue weighted by Crippen LogP contribution is -2.28. The number of methoxy groups -OCH3 is 1. The lowest BCUT2D eigenvalue weighted by Gasteiger charge is -2.14. The summed E-state index contributed by atoms with van der Waals surface area (Å²) in [4.78, 5) is 29.4. The predicted molar refractivity (Wildman–Crippen MR) is 123 cm³/mol. The molecule has 1 aliphatic carbocycles. The molecule has 168 valence electrons. The molecule has 0 unspecified atom stereocenters. The van der Waals surface area contributed by atoms with Gasteiger partial charge in [0.1, 0.15) is 5.56 Å². The van der Waals surface area contributed by atoms with Crippen molar-refractivity contribution in [2.75, 3.05) is 7.11 Å². The van der Waals surface area contributed by atoms with E-state index in [4.69, 9.17) is 14.3 Å². The number of hydrogen-bond acceptors (Lipinski definition) is 6. The summed E-state index contributed by atoms with van der Waals surface area (Å²) in [6.07, 6.45) is 8.08. The molecular formula is C25H24N4O4. The van der Waals surface area contributed by atoms with E-state index in [0.29, 0.717) is 22.8 Å². The van der Waals surface area contributed by atoms with Gasteiger partial charge in [-0.3, -0.25) is 14.5 Å². The first kappa shape index (κ1) is 20.9. The first-order valence-electron chi connectivity index (χ1n) is 11.0. The lowest BCUT2D eigenvalue weighted by molar-refractivity contribution is 0.0946. The number of carbonyl (C=O) groups excluding carboxylic acids is 1. The van der Waals surface area contributed by atoms with E-state index in [2.05, 4.69) is 15.0 Å². The Hall–Kier alpha value is -3.94. The fourth-order valence-corrected chi connectivity index (χ4v) is 4.40. The largest absolute Gasteiger partial charge is 0.493 e. The molecule has 33 heavy (non-hydrogen) atoms. The van der Waals surface area contributed by atoms with Crippen molar-refractivity contribution >= 4 is 16.9 Å². The summed E-state index contributed by atoms with van der Waals surface area (Å²) in [6.45, 7) is 0.201. The number of nitrogens with zero attached hydrogens (tertiary/aromatic N) is 3. The Kier molecular flexibility index (Phi) is 5.64. The summed E-state index contributed by atoms with van der Waals surface area (Å²) in [5, 5.41) is 8.22. The fourth-order valence-electron chi connectivity index (χ4n) is 4.40. The number of fused-ring (bicyclic) bond motifs is 1. The summed E-state index contributed by atoms with van der Waals surface area (Å²) >= 11 is 0. The molecule has 0 radical (unpaired) electrons. The number of amides is 1. The Bertz CT molecular complexity index is 1350. The lowest BCUT2D eigenvalue weighted by atomic mass is 10.1. The van der Waals surface area contributed by atoms with E-state index < -0.39 is 11.5 Å². The van der Waals surface area contributed by atoms with Gasteiger partial charge in [0.2, 0.25) is 0 Å². The van der Waals surface area contributed by atoms with Crippen molar-refractivity contribution in [3.8, 4) is 17.0 Å². The van der Waals surface area contributed by atoms with Crippen molar-refractivity contribution in [3.63, 3.8) is 0 Å². The first-order chi connectivity index (χ1) is 16.1. The van der Waals surface area contributed by atoms with E-state index in [0.717, 1.165) is 29.8 Å². The maximum Gasteiger partial charge on any atom is 0.349 e. The van der Waals surface area contributed by atoms with Crippen molar-refractivity contribution in [1.29, 1.82) is 0 Å². The van der Waals surface area contributed by atoms with Crippen LogP contribution >= 0.6 is 0 Å². The third kappa shape index (κ3) is 4.11. The molecule has 1 aromatic carbocycles. The van der Waals surface area contributed by atoms with Gasteiger partial charge in [-0.25, -0.2) is 4.79 Å². The molecule has 0 bridgehead atoms. The van der Waals surface area contributed by atoms with E-state index in [1.807, 2.05) is 18.2 Å². The monoisotopic (exact) mass is 444 g/mol. The number of carbonyl (C=O) groups is 1. The molecule has 0 aliphatic heterocycles. The van der Waals surface area contributed by atoms with Crippen LogP contribution in [0.1, 0.15) is 47.8 Å². The van der Waals surface area contributed by atoms with Gasteiger partial charge in [-0.05, 0) is 43.2 Å². The number of aromatic nitrogens is 3. The molecule has 0 spiro atoms. The molecule has 1 saturated carbocycles. The third-order valence-electron chi connectivity index (χ3n) is 6.05. The number of pyridine rings is 1. The van der Waals surface area contributed by atoms with Crippen LogP contribution in [0.3, 0.4) is 0 Å². The predicted octanol–water partition coefficient (Wildman–Crippen LogP) is 4.11. The van der Waals surface area contributed by atoms with Gasteiger partial charge >= 0.3 is 5.63 Å². The summed E-state index contributed by atoms with van der Waals surface area (Å²) in [6, 6.07) is 13.0. The maximum absolute atomic E-state index is 12.8. The van der Waals surface area contributed by atoms with Crippen molar-refractivity contribution in [2.45, 2.75) is 38.3 Å². The highest BCUT2D eigenvalue weighted by molar-refractivity contribution is 5.97. The van der Waals surface area contributed by atoms with E-state index in [9.17, 15) is 9.59 Å². The minimum absolute atomic E-state index is 0.0552. The number of benzene rings is 1. The van der Waals surface area contributed by atoms with E-state index in [-0.39, 0.29) is 12.1 Å². The SMILES string of the molecule is COc1cccc2cc(C(=O)NCc3cc(-c4ccncc4)n(C4CCCC4)n3)c(=O)oc12. The molecule has 1 aliphatic rings. The molecule has 1 N–H and O–H groups in total. The minimum atomic E-state index is -0.710. The average Bonchev–Trinajstić information content (AvgIpc) is 3.52. The van der Waals surface area contributed by atoms with Crippen LogP contribution in [0, 0.1) is 0 Å². The Morgan fingerprint density at radius 1 is 1.18 bits per heavy atom. The van der Waals surface area contributed by atoms with E-state index in [1.165, 1.54) is 26.0 Å². The number of ether oxygens (including phenoxy) is 1. The topological polar surface area (TPSA) is 99.2 Å². The highest BCUT2D eigenvalue weighted by Crippen LogP contribution is 2.33. The Morgan fingerprint density at radius 2 is 1.97 bits per heavy atom. The smallest absolute Gasteiger partial charge is 0.349 e. The number of nitrogens with one attached hydrogen (secondary N) is 1. The van der Waals surface area contributed by atoms with Crippen LogP contribution in [0.25, 0.3) is 22.2 Å². The molecule has 5 rings (SSSR count). The van der Waals surface area contributed by atoms with Crippen LogP contribution in [0.4, 0.5) is 0 Å². The van der Waals surface area contributed by atoms with Crippen LogP contribution in [0.5, 0.6) is 5.75 Å². The second kappa shape index (κ2) is 8.90. The van der Waals surface area contributed by atoms with Gasteiger partial charge in [0.15, 0.2) is 11.3 Å². The highest BCUT2D eigenvalue weighted by atomic mass is 16.5. The summed E-state index contributed by atoms with van der Waals surface area (Å²) < 4.78 is 12.7. The van der Waals surface area contributed by atoms with Crippen LogP contribution < -0.4 is 15.7 Å². The zero-order chi connectivity index (χ0) is 22.8. The Morgan fingerprint density at radius 3 is 2.73 bits per heavy atom. The number of rotatable bonds is 6. The normalized spacial score (nSPS) is 14.0. The molecule has 8 heteroatoms. The number of para-hydroxylation sites is 1. The van der Waals surface area contributed by atoms with Gasteiger partial charge in [0.05, 0.1) is 31.1 Å². The van der Waals surface area contributed by atoms with Gasteiger partial charge in [-0.1, -0.05) is 25.0 Å². The minimum Gasteiger partial charge on any atom is -0.493 e. The average molecular weight is 444 g/mol. The fraction of sp³-hybridized carbons (Fsp3) is 0.280. The maximum atomic E-state index is 12.8. The summed E-state index contributed by atoms with van der Waals surface area (Å²) in [5.41, 5.74) is 2.32. The molecule has 3 aromatic heterocycles. The van der Waals surface area contributed by atoms with Crippen LogP contribution in [0.15, 0.2) is 64.1 Å². The zero-order valence-electron chi connectivity index (χ0n) is 18.3. The van der Waals surface area contributed by atoms with Gasteiger partial charge in [0, 0.05) is 23.3 Å². The van der Waals surface area contributed by atoms with Gasteiger partial charge in [-0.15, -0.1) is 0 Å². The second-order valence-corrected chi connectivity index (χ2v) is 8.15. The third-order valence-corrected chi connectivity index (χ3v) is 6.05. The summed E-state index contributed by atoms with van der Waals surface area (Å²) in [5.74, 6) is -0.0630. The molecule has 8 nitrogen and oxygen atoms in total. The molecular weight excluding hydrogens is 420 g/mol. The van der Waals surface area contributed by atoms with Crippen LogP contribution in [-0.2, 0) is 6.54 Å². The first-order valence-corrected chi connectivity index (χ1v) is 11.0. The molecule has 1 amide bonds. The van der Waals surface area contributed by atoms with E-state index >= 15 is 0 Å². The molecule has 0 saturated heterocycles. The second-order valence-electron chi connectivity index (χ2n) is 8.15. The van der Waals surface area contributed by atoms with Crippen molar-refractivity contribution < 1.29 is 13.9 Å². The van der Waals surface area contributed by atoms with Gasteiger partial charge in [0.25, 0.3) is 5.91 Å². The van der Waals surface area contributed by atoms with Crippen LogP contribution in [-0.4, -0.2) is 27.8 Å². The van der Waals surface area contributed by atoms with Gasteiger partial charge < -0.3 is 14.5 Å². The van der Waals surface area contributed by atoms with Crippen molar-refractivity contribution in [2.24, 2.45) is 0 Å². The summed E-state index contributed by atoms with van der Waals surface area (Å²) in [7, 11) is 1.50. The Balaban J connectivity index is 1.40. The molecule has 4 aromatic rings. The highest BCUT2D eigenvalue weighted by Gasteiger charge is 2.22. The van der Waals surface area contributed by atoms with Gasteiger partial charge in [-0.2, -0.15) is 5.10 Å². The van der Waals surface area contributed by atoms with Crippen molar-refractivity contribution in [3.05, 3.63) is 76.5 Å². The van der Waals surface area contributed by atoms with Crippen LogP contribution in [0.2, 0.25) is 0 Å². The standard InChI is InChI=1S/C25H24N4O4/c1-32-22-8-4-5-17-13-20(25(31)33-23(17)22)24(30)27-15-18-14-21(16-9-11-26-12-10-16)29(28-18)19-6-2-3-7-19/h4-5,8-14,19H,2-3,6-7,15H2,1H3,(H,27,30). The Labute approximate surface area is 190 Å². The molecule has 3 heterocycles. The zero-order valence-corrected chi connectivity index (χ0v) is 18.3. The molecule has 0 atom stereocenters. The van der Waals surface area contributed by atoms with Crippen molar-refractivity contribution in [1.82, 2.24) is 20.1 Å². The molecule has 1 fully saturated rings.